The molecule has 3 heteroatoms. The van der Waals surface area contributed by atoms with Gasteiger partial charge in [0.05, 0.1) is 0 Å². The summed E-state index contributed by atoms with van der Waals surface area (Å²) in [5.41, 5.74) is 11.6. The minimum absolute atomic E-state index is 0.264. The summed E-state index contributed by atoms with van der Waals surface area (Å²) in [5.74, 6) is 0.909. The maximum atomic E-state index is 5.96. The average molecular weight is 370 g/mol. The summed E-state index contributed by atoms with van der Waals surface area (Å²) in [5, 5.41) is 1.20. The molecule has 0 amide bonds. The standard InChI is InChI=1S/C25H26N2O/c1-4-6-7-24-22(5-2)23-13-10-18(14-25(23)27(24)3)17-8-11-20(12-9-17)28-21-15-19(26)16-21/h4-14,19,21H,1-2,15-16,26H2,3H3/b7-6-/t19-,21-. The number of aryl methyl sites for hydroxylation is 1. The smallest absolute Gasteiger partial charge is 0.119 e. The van der Waals surface area contributed by atoms with Crippen LogP contribution < -0.4 is 10.5 Å². The number of hydrogen-bond donors (Lipinski definition) is 1. The maximum absolute atomic E-state index is 5.96. The first-order chi connectivity index (χ1) is 13.6. The molecular weight excluding hydrogens is 344 g/mol. The fourth-order valence-electron chi connectivity index (χ4n) is 3.86. The van der Waals surface area contributed by atoms with Crippen LogP contribution in [0.4, 0.5) is 0 Å². The zero-order valence-corrected chi connectivity index (χ0v) is 16.3. The molecule has 28 heavy (non-hydrogen) atoms. The van der Waals surface area contributed by atoms with Crippen LogP contribution in [0.5, 0.6) is 5.75 Å². The quantitative estimate of drug-likeness (QED) is 0.577. The summed E-state index contributed by atoms with van der Waals surface area (Å²) in [7, 11) is 2.09. The Bertz CT molecular complexity index is 1050. The Labute approximate surface area is 166 Å². The summed E-state index contributed by atoms with van der Waals surface area (Å²) in [6.45, 7) is 7.77. The highest BCUT2D eigenvalue weighted by atomic mass is 16.5. The van der Waals surface area contributed by atoms with Crippen LogP contribution in [0.1, 0.15) is 24.1 Å². The second kappa shape index (κ2) is 7.53. The Kier molecular flexibility index (Phi) is 4.93. The van der Waals surface area contributed by atoms with E-state index in [-0.39, 0.29) is 6.10 Å². The SMILES string of the molecule is C=C/C=C\c1c(C=C)c2ccc(-c3ccc(O[C@H]4C[C@H](N)C4)cc3)cc2n1C. The topological polar surface area (TPSA) is 40.2 Å². The molecule has 0 spiro atoms. The Morgan fingerprint density at radius 2 is 1.79 bits per heavy atom. The molecule has 4 rings (SSSR count). The van der Waals surface area contributed by atoms with Crippen LogP contribution in [0, 0.1) is 0 Å². The van der Waals surface area contributed by atoms with Crippen LogP contribution in [-0.4, -0.2) is 16.7 Å². The first-order valence-corrected chi connectivity index (χ1v) is 9.67. The number of ether oxygens (including phenoxy) is 1. The van der Waals surface area contributed by atoms with E-state index in [1.165, 1.54) is 22.0 Å². The average Bonchev–Trinajstić information content (AvgIpc) is 2.96. The number of nitrogens with zero attached hydrogens (tertiary/aromatic N) is 1. The van der Waals surface area contributed by atoms with Gasteiger partial charge >= 0.3 is 0 Å². The van der Waals surface area contributed by atoms with E-state index in [0.29, 0.717) is 6.04 Å². The van der Waals surface area contributed by atoms with E-state index < -0.39 is 0 Å². The van der Waals surface area contributed by atoms with Crippen LogP contribution in [0.25, 0.3) is 34.2 Å². The summed E-state index contributed by atoms with van der Waals surface area (Å²) in [4.78, 5) is 0. The van der Waals surface area contributed by atoms with Crippen LogP contribution in [0.15, 0.2) is 67.8 Å². The van der Waals surface area contributed by atoms with Crippen molar-refractivity contribution in [2.75, 3.05) is 0 Å². The van der Waals surface area contributed by atoms with Gasteiger partial charge in [-0.05, 0) is 48.2 Å². The van der Waals surface area contributed by atoms with Crippen molar-refractivity contribution in [3.05, 3.63) is 79.0 Å². The molecular formula is C25H26N2O. The molecule has 142 valence electrons. The largest absolute Gasteiger partial charge is 0.490 e. The molecule has 2 aromatic carbocycles. The number of hydrogen-bond acceptors (Lipinski definition) is 2. The van der Waals surface area contributed by atoms with Gasteiger partial charge in [0.25, 0.3) is 0 Å². The number of benzene rings is 2. The Hall–Kier alpha value is -3.04. The lowest BCUT2D eigenvalue weighted by atomic mass is 9.90. The van der Waals surface area contributed by atoms with E-state index in [9.17, 15) is 0 Å². The highest BCUT2D eigenvalue weighted by molar-refractivity contribution is 5.96. The number of rotatable bonds is 6. The van der Waals surface area contributed by atoms with Crippen LogP contribution in [0.2, 0.25) is 0 Å². The van der Waals surface area contributed by atoms with Gasteiger partial charge in [-0.15, -0.1) is 0 Å². The second-order valence-electron chi connectivity index (χ2n) is 7.38. The van der Waals surface area contributed by atoms with E-state index in [1.807, 2.05) is 24.3 Å². The first kappa shape index (κ1) is 18.3. The summed E-state index contributed by atoms with van der Waals surface area (Å²) in [6.07, 6.45) is 9.89. The highest BCUT2D eigenvalue weighted by Crippen LogP contribution is 2.32. The van der Waals surface area contributed by atoms with Crippen molar-refractivity contribution in [2.45, 2.75) is 25.0 Å². The first-order valence-electron chi connectivity index (χ1n) is 9.67. The normalized spacial score (nSPS) is 18.9. The number of nitrogens with two attached hydrogens (primary N) is 1. The lowest BCUT2D eigenvalue weighted by Gasteiger charge is -2.32. The van der Waals surface area contributed by atoms with E-state index in [1.54, 1.807) is 6.08 Å². The van der Waals surface area contributed by atoms with Crippen LogP contribution >= 0.6 is 0 Å². The van der Waals surface area contributed by atoms with Gasteiger partial charge < -0.3 is 15.0 Å². The fourth-order valence-corrected chi connectivity index (χ4v) is 3.86. The van der Waals surface area contributed by atoms with Crippen molar-refractivity contribution in [1.29, 1.82) is 0 Å². The molecule has 0 atom stereocenters. The molecule has 0 saturated heterocycles. The maximum Gasteiger partial charge on any atom is 0.119 e. The molecule has 0 radical (unpaired) electrons. The van der Waals surface area contributed by atoms with Crippen molar-refractivity contribution < 1.29 is 4.74 Å². The van der Waals surface area contributed by atoms with Gasteiger partial charge in [-0.1, -0.05) is 55.7 Å². The van der Waals surface area contributed by atoms with Gasteiger partial charge in [0, 0.05) is 35.2 Å². The lowest BCUT2D eigenvalue weighted by Crippen LogP contribution is -2.43. The summed E-state index contributed by atoms with van der Waals surface area (Å²) < 4.78 is 8.16. The predicted molar refractivity (Wildman–Crippen MR) is 119 cm³/mol. The minimum atomic E-state index is 0.264. The number of aromatic nitrogens is 1. The molecule has 1 aliphatic carbocycles. The molecule has 3 nitrogen and oxygen atoms in total. The van der Waals surface area contributed by atoms with E-state index in [0.717, 1.165) is 29.8 Å². The molecule has 0 bridgehead atoms. The Balaban J connectivity index is 1.65. The summed E-state index contributed by atoms with van der Waals surface area (Å²) in [6, 6.07) is 15.2. The molecule has 2 N–H and O–H groups in total. The van der Waals surface area contributed by atoms with Crippen molar-refractivity contribution in [3.8, 4) is 16.9 Å². The molecule has 1 aromatic heterocycles. The third kappa shape index (κ3) is 3.30. The third-order valence-electron chi connectivity index (χ3n) is 5.50. The zero-order chi connectivity index (χ0) is 19.7. The molecule has 1 heterocycles. The monoisotopic (exact) mass is 370 g/mol. The Morgan fingerprint density at radius 1 is 1.07 bits per heavy atom. The predicted octanol–water partition coefficient (Wildman–Crippen LogP) is 5.56. The van der Waals surface area contributed by atoms with E-state index >= 15 is 0 Å². The van der Waals surface area contributed by atoms with Gasteiger partial charge in [0.1, 0.15) is 11.9 Å². The zero-order valence-electron chi connectivity index (χ0n) is 16.3. The van der Waals surface area contributed by atoms with Crippen LogP contribution in [0.3, 0.4) is 0 Å². The molecule has 1 fully saturated rings. The van der Waals surface area contributed by atoms with Gasteiger partial charge in [0.15, 0.2) is 0 Å². The third-order valence-corrected chi connectivity index (χ3v) is 5.50. The number of fused-ring (bicyclic) bond motifs is 1. The van der Waals surface area contributed by atoms with Crippen molar-refractivity contribution >= 4 is 23.1 Å². The van der Waals surface area contributed by atoms with E-state index in [4.69, 9.17) is 10.5 Å². The molecule has 3 aromatic rings. The number of allylic oxidation sites excluding steroid dienone is 2. The molecule has 1 aliphatic rings. The highest BCUT2D eigenvalue weighted by Gasteiger charge is 2.27. The summed E-state index contributed by atoms with van der Waals surface area (Å²) >= 11 is 0. The molecule has 0 aliphatic heterocycles. The van der Waals surface area contributed by atoms with Crippen molar-refractivity contribution in [2.24, 2.45) is 12.8 Å². The Morgan fingerprint density at radius 3 is 2.43 bits per heavy atom. The molecule has 0 unspecified atom stereocenters. The van der Waals surface area contributed by atoms with Gasteiger partial charge in [-0.2, -0.15) is 0 Å². The van der Waals surface area contributed by atoms with E-state index in [2.05, 4.69) is 61.2 Å². The van der Waals surface area contributed by atoms with Crippen molar-refractivity contribution in [1.82, 2.24) is 4.57 Å². The fraction of sp³-hybridized carbons (Fsp3) is 0.200. The van der Waals surface area contributed by atoms with Gasteiger partial charge in [0.2, 0.25) is 0 Å². The minimum Gasteiger partial charge on any atom is -0.490 e. The lowest BCUT2D eigenvalue weighted by molar-refractivity contribution is 0.101. The second-order valence-corrected chi connectivity index (χ2v) is 7.38. The van der Waals surface area contributed by atoms with Crippen molar-refractivity contribution in [3.63, 3.8) is 0 Å². The van der Waals surface area contributed by atoms with Gasteiger partial charge in [-0.25, -0.2) is 0 Å². The molecule has 1 saturated carbocycles. The van der Waals surface area contributed by atoms with Crippen LogP contribution in [-0.2, 0) is 7.05 Å². The van der Waals surface area contributed by atoms with Gasteiger partial charge in [-0.3, -0.25) is 0 Å².